The molecule has 34 heavy (non-hydrogen) atoms. The molecule has 176 valence electrons. The average molecular weight is 465 g/mol. The first kappa shape index (κ1) is 20.8. The molecule has 1 saturated carbocycles. The van der Waals surface area contributed by atoms with Crippen molar-refractivity contribution in [1.82, 2.24) is 19.7 Å². The van der Waals surface area contributed by atoms with Crippen molar-refractivity contribution in [1.29, 1.82) is 0 Å². The van der Waals surface area contributed by atoms with Gasteiger partial charge in [-0.15, -0.1) is 0 Å². The number of hydrogen-bond donors (Lipinski definition) is 2. The van der Waals surface area contributed by atoms with Crippen LogP contribution in [0.4, 0.5) is 21.6 Å². The summed E-state index contributed by atoms with van der Waals surface area (Å²) in [5, 5.41) is 3.60. The van der Waals surface area contributed by atoms with Gasteiger partial charge in [0.1, 0.15) is 11.5 Å². The van der Waals surface area contributed by atoms with Gasteiger partial charge in [0.2, 0.25) is 0 Å². The molecular formula is C23H24FN7O3. The normalized spacial score (nSPS) is 20.6. The molecule has 3 N–H and O–H groups in total. The van der Waals surface area contributed by atoms with E-state index in [2.05, 4.69) is 20.2 Å². The molecule has 1 atom stereocenters. The van der Waals surface area contributed by atoms with E-state index in [0.29, 0.717) is 11.5 Å². The summed E-state index contributed by atoms with van der Waals surface area (Å²) in [4.78, 5) is 36.3. The molecule has 1 amide bonds. The Balaban J connectivity index is 1.45. The molecule has 5 heterocycles. The van der Waals surface area contributed by atoms with E-state index in [-0.39, 0.29) is 17.6 Å². The molecule has 6 rings (SSSR count). The average Bonchev–Trinajstić information content (AvgIpc) is 3.28. The number of fused-ring (bicyclic) bond motifs is 2. The number of nitrogens with one attached hydrogen (secondary N) is 1. The molecule has 10 nitrogen and oxygen atoms in total. The van der Waals surface area contributed by atoms with Gasteiger partial charge in [-0.3, -0.25) is 9.69 Å². The highest BCUT2D eigenvalue weighted by molar-refractivity contribution is 6.31. The van der Waals surface area contributed by atoms with Crippen molar-refractivity contribution >= 4 is 34.7 Å². The molecule has 0 aromatic carbocycles. The Hall–Kier alpha value is -3.73. The number of aryl methyl sites for hydroxylation is 1. The summed E-state index contributed by atoms with van der Waals surface area (Å²) in [6.07, 6.45) is 6.59. The third kappa shape index (κ3) is 3.35. The standard InChI is InChI=1S/C23H24FN7O3/c1-13-10-30-11-17(15(24)9-18(30)28-13)31-19(34-22(33)20(25)32)8-14-16(2-5-26-21(14)31)29-7-6-27-23(12-29)3-4-23/h2,5,9-11,19,27H,3-4,6-8,12H2,1H3,(H2,25,32). The number of amides is 1. The highest BCUT2D eigenvalue weighted by Crippen LogP contribution is 2.45. The van der Waals surface area contributed by atoms with Crippen molar-refractivity contribution in [2.45, 2.75) is 38.0 Å². The Morgan fingerprint density at radius 3 is 2.88 bits per heavy atom. The first-order valence-electron chi connectivity index (χ1n) is 11.3. The molecule has 1 spiro atoms. The number of halogens is 1. The van der Waals surface area contributed by atoms with Crippen LogP contribution in [0.5, 0.6) is 0 Å². The van der Waals surface area contributed by atoms with Crippen LogP contribution in [-0.4, -0.2) is 57.6 Å². The molecule has 3 aromatic heterocycles. The summed E-state index contributed by atoms with van der Waals surface area (Å²) >= 11 is 0. The summed E-state index contributed by atoms with van der Waals surface area (Å²) in [7, 11) is 0. The van der Waals surface area contributed by atoms with Gasteiger partial charge in [-0.25, -0.2) is 19.2 Å². The molecule has 11 heteroatoms. The number of aromatic nitrogens is 3. The Labute approximate surface area is 194 Å². The number of anilines is 3. The summed E-state index contributed by atoms with van der Waals surface area (Å²) in [6, 6.07) is 3.26. The third-order valence-electron chi connectivity index (χ3n) is 6.82. The molecule has 0 radical (unpaired) electrons. The van der Waals surface area contributed by atoms with E-state index in [1.54, 1.807) is 23.0 Å². The van der Waals surface area contributed by atoms with Crippen LogP contribution in [0.3, 0.4) is 0 Å². The minimum atomic E-state index is -1.21. The lowest BCUT2D eigenvalue weighted by atomic mass is 10.1. The molecule has 2 aliphatic heterocycles. The van der Waals surface area contributed by atoms with Crippen LogP contribution in [-0.2, 0) is 20.7 Å². The van der Waals surface area contributed by atoms with Gasteiger partial charge in [0, 0.05) is 67.5 Å². The highest BCUT2D eigenvalue weighted by Gasteiger charge is 2.47. The maximum atomic E-state index is 15.3. The molecule has 1 aliphatic carbocycles. The number of nitrogens with two attached hydrogens (primary N) is 1. The predicted octanol–water partition coefficient (Wildman–Crippen LogP) is 1.17. The zero-order valence-electron chi connectivity index (χ0n) is 18.6. The fraction of sp³-hybridized carbons (Fsp3) is 0.391. The summed E-state index contributed by atoms with van der Waals surface area (Å²) < 4.78 is 22.5. The van der Waals surface area contributed by atoms with Crippen LogP contribution in [0.25, 0.3) is 5.65 Å². The zero-order chi connectivity index (χ0) is 23.6. The summed E-state index contributed by atoms with van der Waals surface area (Å²) in [6.45, 7) is 4.37. The van der Waals surface area contributed by atoms with Gasteiger partial charge in [0.25, 0.3) is 0 Å². The second-order valence-corrected chi connectivity index (χ2v) is 9.21. The van der Waals surface area contributed by atoms with Gasteiger partial charge in [0.15, 0.2) is 12.0 Å². The maximum absolute atomic E-state index is 15.3. The van der Waals surface area contributed by atoms with E-state index in [1.807, 2.05) is 13.0 Å². The lowest BCUT2D eigenvalue weighted by molar-refractivity contribution is -0.157. The monoisotopic (exact) mass is 465 g/mol. The fourth-order valence-corrected chi connectivity index (χ4v) is 5.07. The van der Waals surface area contributed by atoms with Gasteiger partial charge in [-0.1, -0.05) is 0 Å². The minimum absolute atomic E-state index is 0.154. The number of rotatable bonds is 3. The van der Waals surface area contributed by atoms with E-state index in [0.717, 1.165) is 49.4 Å². The van der Waals surface area contributed by atoms with E-state index in [9.17, 15) is 9.59 Å². The van der Waals surface area contributed by atoms with Crippen LogP contribution < -0.4 is 20.9 Å². The van der Waals surface area contributed by atoms with E-state index in [1.165, 1.54) is 11.0 Å². The Morgan fingerprint density at radius 2 is 2.12 bits per heavy atom. The third-order valence-corrected chi connectivity index (χ3v) is 6.82. The van der Waals surface area contributed by atoms with Crippen molar-refractivity contribution in [3.63, 3.8) is 0 Å². The Morgan fingerprint density at radius 1 is 1.29 bits per heavy atom. The first-order chi connectivity index (χ1) is 16.3. The van der Waals surface area contributed by atoms with Crippen molar-refractivity contribution < 1.29 is 18.7 Å². The second-order valence-electron chi connectivity index (χ2n) is 9.21. The largest absolute Gasteiger partial charge is 0.434 e. The van der Waals surface area contributed by atoms with Crippen molar-refractivity contribution in [3.8, 4) is 0 Å². The molecular weight excluding hydrogens is 441 g/mol. The number of nitrogens with zero attached hydrogens (tertiary/aromatic N) is 5. The SMILES string of the molecule is Cc1cn2cc(N3c4nccc(N5CCNC6(CC6)C5)c4CC3OC(=O)C(N)=O)c(F)cc2n1. The Kier molecular flexibility index (Phi) is 4.53. The van der Waals surface area contributed by atoms with Crippen LogP contribution in [0.1, 0.15) is 24.1 Å². The molecule has 3 aliphatic rings. The fourth-order valence-electron chi connectivity index (χ4n) is 5.07. The van der Waals surface area contributed by atoms with Crippen molar-refractivity contribution in [2.24, 2.45) is 5.73 Å². The van der Waals surface area contributed by atoms with Gasteiger partial charge in [-0.05, 0) is 25.8 Å². The Bertz CT molecular complexity index is 1340. The van der Waals surface area contributed by atoms with Gasteiger partial charge >= 0.3 is 11.9 Å². The van der Waals surface area contributed by atoms with Crippen molar-refractivity contribution in [2.75, 3.05) is 29.4 Å². The van der Waals surface area contributed by atoms with Crippen LogP contribution in [0, 0.1) is 12.7 Å². The first-order valence-corrected chi connectivity index (χ1v) is 11.3. The van der Waals surface area contributed by atoms with Gasteiger partial charge in [-0.2, -0.15) is 0 Å². The quantitative estimate of drug-likeness (QED) is 0.437. The number of pyridine rings is 2. The smallest absolute Gasteiger partial charge is 0.398 e. The number of carbonyl (C=O) groups excluding carboxylic acids is 2. The molecule has 3 aromatic rings. The number of carbonyl (C=O) groups is 2. The molecule has 1 unspecified atom stereocenters. The van der Waals surface area contributed by atoms with Crippen LogP contribution in [0.15, 0.2) is 30.7 Å². The maximum Gasteiger partial charge on any atom is 0.398 e. The lowest BCUT2D eigenvalue weighted by Gasteiger charge is -2.36. The number of ether oxygens (including phenoxy) is 1. The summed E-state index contributed by atoms with van der Waals surface area (Å²) in [5.41, 5.74) is 8.47. The molecule has 2 fully saturated rings. The lowest BCUT2D eigenvalue weighted by Crippen LogP contribution is -2.52. The minimum Gasteiger partial charge on any atom is -0.434 e. The van der Waals surface area contributed by atoms with Gasteiger partial charge < -0.3 is 25.1 Å². The van der Waals surface area contributed by atoms with Gasteiger partial charge in [0.05, 0.1) is 11.4 Å². The van der Waals surface area contributed by atoms with Crippen LogP contribution in [0.2, 0.25) is 0 Å². The topological polar surface area (TPSA) is 118 Å². The number of imidazole rings is 1. The van der Waals surface area contributed by atoms with Crippen molar-refractivity contribution in [3.05, 3.63) is 47.8 Å². The predicted molar refractivity (Wildman–Crippen MR) is 121 cm³/mol. The van der Waals surface area contributed by atoms with E-state index >= 15 is 4.39 Å². The zero-order valence-corrected chi connectivity index (χ0v) is 18.6. The second kappa shape index (κ2) is 7.39. The number of piperazine rings is 1. The number of hydrogen-bond acceptors (Lipinski definition) is 8. The summed E-state index contributed by atoms with van der Waals surface area (Å²) in [5.74, 6) is -2.44. The molecule has 0 bridgehead atoms. The number of primary amides is 1. The highest BCUT2D eigenvalue weighted by atomic mass is 19.1. The van der Waals surface area contributed by atoms with E-state index in [4.69, 9.17) is 10.5 Å². The van der Waals surface area contributed by atoms with Crippen LogP contribution >= 0.6 is 0 Å². The van der Waals surface area contributed by atoms with E-state index < -0.39 is 23.9 Å². The molecule has 1 saturated heterocycles. The number of esters is 1.